The number of anilines is 1. The first kappa shape index (κ1) is 27.6. The molecule has 0 amide bonds. The van der Waals surface area contributed by atoms with Gasteiger partial charge in [0.2, 0.25) is 0 Å². The van der Waals surface area contributed by atoms with E-state index < -0.39 is 28.9 Å². The minimum absolute atomic E-state index is 0.00955. The second-order valence-electron chi connectivity index (χ2n) is 9.72. The summed E-state index contributed by atoms with van der Waals surface area (Å²) in [5, 5.41) is 13.6. The average Bonchev–Trinajstić information content (AvgIpc) is 2.81. The van der Waals surface area contributed by atoms with Crippen LogP contribution < -0.4 is 10.1 Å². The number of halogens is 3. The highest BCUT2D eigenvalue weighted by molar-refractivity contribution is 5.92. The van der Waals surface area contributed by atoms with E-state index in [1.54, 1.807) is 26.0 Å². The fourth-order valence-corrected chi connectivity index (χ4v) is 4.03. The van der Waals surface area contributed by atoms with Crippen LogP contribution in [0.1, 0.15) is 49.3 Å². The Labute approximate surface area is 219 Å². The highest BCUT2D eigenvalue weighted by Gasteiger charge is 2.49. The Kier molecular flexibility index (Phi) is 7.83. The number of hydrogen-bond acceptors (Lipinski definition) is 7. The third-order valence-electron chi connectivity index (χ3n) is 6.32. The van der Waals surface area contributed by atoms with Crippen molar-refractivity contribution >= 4 is 16.7 Å². The number of rotatable bonds is 10. The van der Waals surface area contributed by atoms with E-state index in [9.17, 15) is 13.9 Å². The molecule has 2 aromatic carbocycles. The first-order chi connectivity index (χ1) is 17.9. The van der Waals surface area contributed by atoms with Crippen LogP contribution in [0.4, 0.5) is 19.0 Å². The summed E-state index contributed by atoms with van der Waals surface area (Å²) in [6, 6.07) is 6.34. The van der Waals surface area contributed by atoms with E-state index in [1.165, 1.54) is 12.1 Å². The number of nitrogens with zero attached hydrogens (tertiary/aromatic N) is 2. The molecular formula is C28H30F3N3O4. The lowest BCUT2D eigenvalue weighted by molar-refractivity contribution is -0.170. The number of terminal acetylenes is 1. The Morgan fingerprint density at radius 3 is 2.61 bits per heavy atom. The second-order valence-corrected chi connectivity index (χ2v) is 9.72. The number of hydrogen-bond donors (Lipinski definition) is 2. The van der Waals surface area contributed by atoms with Crippen LogP contribution in [0, 0.1) is 25.1 Å². The van der Waals surface area contributed by atoms with Crippen LogP contribution in [0.5, 0.6) is 5.75 Å². The predicted octanol–water partition coefficient (Wildman–Crippen LogP) is 4.89. The molecule has 1 saturated heterocycles. The van der Waals surface area contributed by atoms with E-state index in [-0.39, 0.29) is 18.3 Å². The number of fused-ring (bicyclic) bond motifs is 1. The monoisotopic (exact) mass is 529 g/mol. The lowest BCUT2D eigenvalue weighted by Gasteiger charge is -2.30. The molecule has 4 rings (SSSR count). The molecule has 38 heavy (non-hydrogen) atoms. The van der Waals surface area contributed by atoms with Crippen molar-refractivity contribution in [2.45, 2.75) is 51.4 Å². The molecule has 1 fully saturated rings. The summed E-state index contributed by atoms with van der Waals surface area (Å²) >= 11 is 0. The Morgan fingerprint density at radius 1 is 1.24 bits per heavy atom. The number of benzene rings is 2. The number of aryl methyl sites for hydroxylation is 1. The highest BCUT2D eigenvalue weighted by Crippen LogP contribution is 2.41. The van der Waals surface area contributed by atoms with E-state index in [0.717, 1.165) is 19.9 Å². The van der Waals surface area contributed by atoms with Gasteiger partial charge >= 0.3 is 5.92 Å². The molecule has 2 heterocycles. The standard InChI is InChI=1S/C28H30F3N3O4/c1-6-18-12-23-21(13-24(18)38-11-10-37-19-14-36-15-19)26(34-17(3)33-23)32-16(2)20-8-7-9-22(25(20)29)28(30,31)27(4,5)35/h1,7-9,12-13,16,19,35H,10-11,14-15H2,2-5H3,(H,32,33,34)/t16-/m1/s1. The molecule has 0 saturated carbocycles. The van der Waals surface area contributed by atoms with Gasteiger partial charge in [-0.3, -0.25) is 0 Å². The zero-order valence-electron chi connectivity index (χ0n) is 21.6. The number of aliphatic hydroxyl groups is 1. The van der Waals surface area contributed by atoms with Crippen molar-refractivity contribution in [3.63, 3.8) is 0 Å². The van der Waals surface area contributed by atoms with Crippen molar-refractivity contribution in [1.29, 1.82) is 0 Å². The maximum atomic E-state index is 15.3. The van der Waals surface area contributed by atoms with Gasteiger partial charge in [0.05, 0.1) is 42.5 Å². The topological polar surface area (TPSA) is 85.7 Å². The first-order valence-electron chi connectivity index (χ1n) is 12.2. The Bertz CT molecular complexity index is 1360. The summed E-state index contributed by atoms with van der Waals surface area (Å²) in [6.45, 7) is 6.94. The minimum Gasteiger partial charge on any atom is -0.490 e. The normalized spacial score (nSPS) is 15.1. The molecule has 10 heteroatoms. The van der Waals surface area contributed by atoms with Crippen LogP contribution in [-0.2, 0) is 15.4 Å². The maximum absolute atomic E-state index is 15.3. The largest absolute Gasteiger partial charge is 0.490 e. The molecule has 1 aliphatic heterocycles. The Balaban J connectivity index is 1.63. The summed E-state index contributed by atoms with van der Waals surface area (Å²) in [6.07, 6.45) is 5.76. The van der Waals surface area contributed by atoms with Gasteiger partial charge in [-0.2, -0.15) is 8.78 Å². The zero-order valence-corrected chi connectivity index (χ0v) is 21.6. The molecule has 1 aromatic heterocycles. The maximum Gasteiger partial charge on any atom is 0.303 e. The third kappa shape index (κ3) is 5.55. The summed E-state index contributed by atoms with van der Waals surface area (Å²) in [5.41, 5.74) is -2.31. The third-order valence-corrected chi connectivity index (χ3v) is 6.32. The molecular weight excluding hydrogens is 499 g/mol. The van der Waals surface area contributed by atoms with E-state index in [4.69, 9.17) is 20.6 Å². The summed E-state index contributed by atoms with van der Waals surface area (Å²) in [4.78, 5) is 8.92. The number of alkyl halides is 2. The van der Waals surface area contributed by atoms with Gasteiger partial charge in [0.1, 0.15) is 41.5 Å². The highest BCUT2D eigenvalue weighted by atomic mass is 19.3. The number of aromatic nitrogens is 2. The molecule has 202 valence electrons. The van der Waals surface area contributed by atoms with Gasteiger partial charge in [-0.1, -0.05) is 18.1 Å². The molecule has 1 aliphatic rings. The fourth-order valence-electron chi connectivity index (χ4n) is 4.03. The Morgan fingerprint density at radius 2 is 1.97 bits per heavy atom. The predicted molar refractivity (Wildman–Crippen MR) is 137 cm³/mol. The van der Waals surface area contributed by atoms with Crippen LogP contribution in [0.15, 0.2) is 30.3 Å². The molecule has 1 atom stereocenters. The molecule has 2 N–H and O–H groups in total. The van der Waals surface area contributed by atoms with Crippen LogP contribution in [0.3, 0.4) is 0 Å². The van der Waals surface area contributed by atoms with E-state index in [1.807, 2.05) is 0 Å². The molecule has 7 nitrogen and oxygen atoms in total. The van der Waals surface area contributed by atoms with Gasteiger partial charge in [-0.05, 0) is 45.9 Å². The number of ether oxygens (including phenoxy) is 3. The summed E-state index contributed by atoms with van der Waals surface area (Å²) < 4.78 is 61.5. The molecule has 0 bridgehead atoms. The lowest BCUT2D eigenvalue weighted by Crippen LogP contribution is -2.41. The number of nitrogens with one attached hydrogen (secondary N) is 1. The second kappa shape index (κ2) is 10.8. The molecule has 0 spiro atoms. The van der Waals surface area contributed by atoms with E-state index in [0.29, 0.717) is 53.7 Å². The van der Waals surface area contributed by atoms with Gasteiger partial charge in [0.15, 0.2) is 0 Å². The van der Waals surface area contributed by atoms with Crippen LogP contribution in [0.25, 0.3) is 10.9 Å². The van der Waals surface area contributed by atoms with Gasteiger partial charge in [0, 0.05) is 10.9 Å². The van der Waals surface area contributed by atoms with Gasteiger partial charge in [-0.25, -0.2) is 14.4 Å². The SMILES string of the molecule is C#Cc1cc2nc(C)nc(N[C@H](C)c3cccc(C(F)(F)C(C)(C)O)c3F)c2cc1OCCOC1COC1. The van der Waals surface area contributed by atoms with Crippen LogP contribution in [0.2, 0.25) is 0 Å². The summed E-state index contributed by atoms with van der Waals surface area (Å²) in [7, 11) is 0. The van der Waals surface area contributed by atoms with E-state index >= 15 is 4.39 Å². The smallest absolute Gasteiger partial charge is 0.303 e. The van der Waals surface area contributed by atoms with Crippen molar-refractivity contribution in [1.82, 2.24) is 9.97 Å². The van der Waals surface area contributed by atoms with Crippen LogP contribution >= 0.6 is 0 Å². The van der Waals surface area contributed by atoms with Gasteiger partial charge in [-0.15, -0.1) is 6.42 Å². The molecule has 3 aromatic rings. The van der Waals surface area contributed by atoms with Crippen molar-refractivity contribution in [2.24, 2.45) is 0 Å². The van der Waals surface area contributed by atoms with E-state index in [2.05, 4.69) is 21.2 Å². The van der Waals surface area contributed by atoms with Crippen molar-refractivity contribution < 1.29 is 32.5 Å². The molecule has 0 unspecified atom stereocenters. The van der Waals surface area contributed by atoms with Crippen molar-refractivity contribution in [2.75, 3.05) is 31.7 Å². The lowest BCUT2D eigenvalue weighted by atomic mass is 9.91. The molecule has 0 radical (unpaired) electrons. The first-order valence-corrected chi connectivity index (χ1v) is 12.2. The average molecular weight is 530 g/mol. The van der Waals surface area contributed by atoms with Crippen LogP contribution in [-0.4, -0.2) is 53.2 Å². The van der Waals surface area contributed by atoms with Gasteiger partial charge in [0.25, 0.3) is 0 Å². The minimum atomic E-state index is -3.81. The Hall–Kier alpha value is -3.39. The van der Waals surface area contributed by atoms with Gasteiger partial charge < -0.3 is 24.6 Å². The van der Waals surface area contributed by atoms with Crippen molar-refractivity contribution in [3.8, 4) is 18.1 Å². The molecule has 0 aliphatic carbocycles. The quantitative estimate of drug-likeness (QED) is 0.286. The fraction of sp³-hybridized carbons (Fsp3) is 0.429. The van der Waals surface area contributed by atoms with Crippen molar-refractivity contribution in [3.05, 3.63) is 58.7 Å². The zero-order chi connectivity index (χ0) is 27.7. The summed E-state index contributed by atoms with van der Waals surface area (Å²) in [5.74, 6) is -1.10.